The van der Waals surface area contributed by atoms with Crippen molar-refractivity contribution in [1.82, 2.24) is 19.5 Å². The topological polar surface area (TPSA) is 69.9 Å². The summed E-state index contributed by atoms with van der Waals surface area (Å²) in [6, 6.07) is 99.4. The minimum atomic E-state index is 0.492. The summed E-state index contributed by atoms with van der Waals surface area (Å²) < 4.78 is 15.7. The van der Waals surface area contributed by atoms with Gasteiger partial charge < -0.3 is 13.4 Å². The van der Waals surface area contributed by atoms with Crippen LogP contribution in [0.1, 0.15) is 18.2 Å². The number of hydrogen-bond donors (Lipinski definition) is 0. The van der Waals surface area contributed by atoms with Gasteiger partial charge in [-0.3, -0.25) is 0 Å². The molecule has 0 aliphatic rings. The Hall–Kier alpha value is -11.7. The molecular formula is C82H54N4O2. The fourth-order valence-electron chi connectivity index (χ4n) is 13.0. The Labute approximate surface area is 509 Å². The molecule has 0 N–H and O–H groups in total. The van der Waals surface area contributed by atoms with Crippen molar-refractivity contribution in [2.24, 2.45) is 0 Å². The third-order valence-electron chi connectivity index (χ3n) is 17.0. The van der Waals surface area contributed by atoms with Gasteiger partial charge in [0, 0.05) is 71.4 Å². The zero-order valence-corrected chi connectivity index (χ0v) is 48.1. The van der Waals surface area contributed by atoms with Gasteiger partial charge in [0.15, 0.2) is 17.5 Å². The molecule has 0 amide bonds. The highest BCUT2D eigenvalue weighted by Gasteiger charge is 2.30. The number of fused-ring (bicyclic) bond motifs is 7. The number of rotatable bonds is 12. The molecule has 0 aliphatic heterocycles. The molecule has 0 atom stereocenters. The van der Waals surface area contributed by atoms with Crippen LogP contribution >= 0.6 is 0 Å². The van der Waals surface area contributed by atoms with E-state index in [9.17, 15) is 0 Å². The number of aromatic nitrogens is 4. The normalized spacial score (nSPS) is 11.7. The summed E-state index contributed by atoms with van der Waals surface area (Å²) in [5, 5.41) is 5.33. The first-order valence-corrected chi connectivity index (χ1v) is 29.7. The summed E-state index contributed by atoms with van der Waals surface area (Å²) in [4.78, 5) is 16.4. The van der Waals surface area contributed by atoms with Crippen LogP contribution < -0.4 is 0 Å². The zero-order chi connectivity index (χ0) is 58.7. The molecule has 0 bridgehead atoms. The quantitative estimate of drug-likeness (QED) is 0.122. The van der Waals surface area contributed by atoms with Gasteiger partial charge in [-0.05, 0) is 100.0 Å². The summed E-state index contributed by atoms with van der Waals surface area (Å²) in [6.07, 6.45) is 5.79. The maximum atomic E-state index is 6.53. The van der Waals surface area contributed by atoms with Crippen molar-refractivity contribution >= 4 is 66.9 Å². The zero-order valence-electron chi connectivity index (χ0n) is 48.1. The van der Waals surface area contributed by atoms with Gasteiger partial charge in [-0.25, -0.2) is 15.0 Å². The van der Waals surface area contributed by atoms with Gasteiger partial charge in [0.2, 0.25) is 0 Å². The van der Waals surface area contributed by atoms with Crippen LogP contribution in [0.5, 0.6) is 0 Å². The number of allylic oxidation sites excluding steroid dienone is 1. The number of para-hydroxylation sites is 1. The van der Waals surface area contributed by atoms with Gasteiger partial charge in [-0.2, -0.15) is 0 Å². The Kier molecular flexibility index (Phi) is 12.8. The Balaban J connectivity index is 1.06. The molecule has 0 radical (unpaired) electrons. The van der Waals surface area contributed by atoms with E-state index in [1.54, 1.807) is 0 Å². The van der Waals surface area contributed by atoms with Crippen LogP contribution in [-0.4, -0.2) is 19.5 Å². The Morgan fingerprint density at radius 2 is 0.705 bits per heavy atom. The van der Waals surface area contributed by atoms with Gasteiger partial charge in [0.1, 0.15) is 22.5 Å². The predicted molar refractivity (Wildman–Crippen MR) is 365 cm³/mol. The molecule has 0 saturated carbocycles. The molecule has 0 saturated heterocycles. The molecule has 0 unspecified atom stereocenters. The lowest BCUT2D eigenvalue weighted by atomic mass is 9.90. The van der Waals surface area contributed by atoms with Crippen molar-refractivity contribution in [3.8, 4) is 107 Å². The van der Waals surface area contributed by atoms with E-state index < -0.39 is 0 Å². The first kappa shape index (κ1) is 51.9. The van der Waals surface area contributed by atoms with Gasteiger partial charge >= 0.3 is 0 Å². The summed E-state index contributed by atoms with van der Waals surface area (Å²) in [5.41, 5.74) is 21.7. The summed E-state index contributed by atoms with van der Waals surface area (Å²) in [7, 11) is 0. The molecule has 12 aromatic carbocycles. The maximum absolute atomic E-state index is 6.53. The first-order chi connectivity index (χ1) is 43.6. The first-order valence-electron chi connectivity index (χ1n) is 29.7. The molecule has 4 heterocycles. The van der Waals surface area contributed by atoms with E-state index in [0.717, 1.165) is 150 Å². The second-order valence-corrected chi connectivity index (χ2v) is 22.1. The standard InChI is InChI=1S/C82H54N4O2/c1-3-25-71-61(4-2)67-42-40-58(50-73(67)87-71)80-83-81(59-41-43-68-66-38-23-24-39-72(66)88-74(68)51-59)85-82(84-80)60-48-69(56-34-19-9-20-35-56)77(70(49-60)57-36-21-10-22-37-57)86-78-64(54-30-15-7-16-31-54)46-44-62(52-26-11-5-12-27-52)75(78)76-63(53-28-13-6-14-29-53)45-47-65(79(76)86)55-32-17-8-18-33-55/h3-51H,2H2,1H3/b25-3-. The monoisotopic (exact) mass is 1130 g/mol. The van der Waals surface area contributed by atoms with Gasteiger partial charge in [0.05, 0.1) is 16.7 Å². The Morgan fingerprint density at radius 1 is 0.330 bits per heavy atom. The highest BCUT2D eigenvalue weighted by atomic mass is 16.3. The fourth-order valence-corrected chi connectivity index (χ4v) is 13.0. The number of benzene rings is 12. The van der Waals surface area contributed by atoms with Crippen molar-refractivity contribution in [1.29, 1.82) is 0 Å². The van der Waals surface area contributed by atoms with Crippen molar-refractivity contribution in [2.75, 3.05) is 0 Å². The molecule has 16 aromatic rings. The van der Waals surface area contributed by atoms with E-state index in [0.29, 0.717) is 23.1 Å². The molecule has 4 aromatic heterocycles. The van der Waals surface area contributed by atoms with Crippen LogP contribution in [0.4, 0.5) is 0 Å². The molecule has 0 aliphatic carbocycles. The van der Waals surface area contributed by atoms with Crippen molar-refractivity contribution in [3.05, 3.63) is 303 Å². The second-order valence-electron chi connectivity index (χ2n) is 22.1. The van der Waals surface area contributed by atoms with E-state index in [1.165, 1.54) is 0 Å². The van der Waals surface area contributed by atoms with Crippen LogP contribution in [-0.2, 0) is 0 Å². The second kappa shape index (κ2) is 21.7. The number of furan rings is 2. The van der Waals surface area contributed by atoms with Gasteiger partial charge in [0.25, 0.3) is 0 Å². The number of nitrogens with zero attached hydrogens (tertiary/aromatic N) is 4. The van der Waals surface area contributed by atoms with Crippen molar-refractivity contribution in [3.63, 3.8) is 0 Å². The molecular weight excluding hydrogens is 1070 g/mol. The lowest BCUT2D eigenvalue weighted by Gasteiger charge is -2.23. The molecule has 88 heavy (non-hydrogen) atoms. The average molecular weight is 1130 g/mol. The smallest absolute Gasteiger partial charge is 0.164 e. The molecule has 0 spiro atoms. The number of hydrogen-bond acceptors (Lipinski definition) is 5. The molecule has 16 rings (SSSR count). The van der Waals surface area contributed by atoms with Crippen molar-refractivity contribution < 1.29 is 8.83 Å². The largest absolute Gasteiger partial charge is 0.456 e. The lowest BCUT2D eigenvalue weighted by molar-refractivity contribution is 0.603. The van der Waals surface area contributed by atoms with Crippen LogP contribution in [0.25, 0.3) is 173 Å². The summed E-state index contributed by atoms with van der Waals surface area (Å²) in [5.74, 6) is 2.23. The predicted octanol–water partition coefficient (Wildman–Crippen LogP) is 22.3. The molecule has 6 heteroatoms. The van der Waals surface area contributed by atoms with E-state index >= 15 is 0 Å². The SMILES string of the molecule is C=Cc1c(/C=C\C)oc2cc(-c3nc(-c4cc(-c5ccccc5)c(-n5c6c(-c7ccccc7)ccc(-c7ccccc7)c6c6c(-c7ccccc7)ccc(-c7ccccc7)c65)c(-c5ccccc5)c4)nc(-c4ccc5c(c4)oc4ccccc45)n3)ccc12. The average Bonchev–Trinajstić information content (AvgIpc) is 1.63. The van der Waals surface area contributed by atoms with E-state index in [-0.39, 0.29) is 0 Å². The van der Waals surface area contributed by atoms with Gasteiger partial charge in [-0.15, -0.1) is 0 Å². The third kappa shape index (κ3) is 8.85. The highest BCUT2D eigenvalue weighted by Crippen LogP contribution is 2.52. The highest BCUT2D eigenvalue weighted by molar-refractivity contribution is 6.27. The van der Waals surface area contributed by atoms with E-state index in [2.05, 4.69) is 260 Å². The molecule has 414 valence electrons. The molecule has 6 nitrogen and oxygen atoms in total. The van der Waals surface area contributed by atoms with Crippen LogP contribution in [0.3, 0.4) is 0 Å². The summed E-state index contributed by atoms with van der Waals surface area (Å²) in [6.45, 7) is 6.13. The Bertz CT molecular complexity index is 5180. The third-order valence-corrected chi connectivity index (χ3v) is 17.0. The Morgan fingerprint density at radius 3 is 1.16 bits per heavy atom. The summed E-state index contributed by atoms with van der Waals surface area (Å²) >= 11 is 0. The van der Waals surface area contributed by atoms with E-state index in [4.69, 9.17) is 23.8 Å². The molecule has 0 fully saturated rings. The minimum absolute atomic E-state index is 0.492. The minimum Gasteiger partial charge on any atom is -0.456 e. The van der Waals surface area contributed by atoms with Crippen LogP contribution in [0.2, 0.25) is 0 Å². The fraction of sp³-hybridized carbons (Fsp3) is 0.0122. The maximum Gasteiger partial charge on any atom is 0.164 e. The van der Waals surface area contributed by atoms with Crippen LogP contribution in [0, 0.1) is 0 Å². The van der Waals surface area contributed by atoms with Crippen molar-refractivity contribution in [2.45, 2.75) is 6.92 Å². The van der Waals surface area contributed by atoms with E-state index in [1.807, 2.05) is 55.5 Å². The lowest BCUT2D eigenvalue weighted by Crippen LogP contribution is -2.05. The van der Waals surface area contributed by atoms with Crippen LogP contribution in [0.15, 0.2) is 301 Å². The van der Waals surface area contributed by atoms with Gasteiger partial charge in [-0.1, -0.05) is 255 Å².